The number of aromatic amines is 1. The predicted octanol–water partition coefficient (Wildman–Crippen LogP) is 3.33. The fraction of sp³-hybridized carbons (Fsp3) is 0.471. The van der Waals surface area contributed by atoms with Crippen molar-refractivity contribution in [2.45, 2.75) is 38.6 Å². The third-order valence-corrected chi connectivity index (χ3v) is 6.04. The van der Waals surface area contributed by atoms with Gasteiger partial charge in [-0.25, -0.2) is 0 Å². The average Bonchev–Trinajstić information content (AvgIpc) is 3.41. The van der Waals surface area contributed by atoms with Crippen molar-refractivity contribution in [2.24, 2.45) is 0 Å². The van der Waals surface area contributed by atoms with Crippen LogP contribution < -0.4 is 0 Å². The minimum Gasteiger partial charge on any atom is -0.341 e. The summed E-state index contributed by atoms with van der Waals surface area (Å²) in [5.41, 5.74) is 0. The van der Waals surface area contributed by atoms with Gasteiger partial charge < -0.3 is 9.42 Å². The molecule has 1 fully saturated rings. The summed E-state index contributed by atoms with van der Waals surface area (Å²) in [5.74, 6) is 2.28. The van der Waals surface area contributed by atoms with Crippen LogP contribution in [0.2, 0.25) is 0 Å². The van der Waals surface area contributed by atoms with Crippen LogP contribution in [0.1, 0.15) is 43.4 Å². The minimum atomic E-state index is -0.421. The molecule has 8 nitrogen and oxygen atoms in total. The number of aromatic nitrogens is 5. The molecule has 1 amide bonds. The number of carbonyl (C=O) groups excluding carboxylic acids is 1. The first-order valence-electron chi connectivity index (χ1n) is 8.84. The summed E-state index contributed by atoms with van der Waals surface area (Å²) >= 11 is 6.95. The fourth-order valence-corrected chi connectivity index (χ4v) is 4.44. The maximum absolute atomic E-state index is 13.1. The van der Waals surface area contributed by atoms with Crippen molar-refractivity contribution in [2.75, 3.05) is 13.1 Å². The number of aryl methyl sites for hydroxylation is 1. The molecule has 0 aromatic carbocycles. The summed E-state index contributed by atoms with van der Waals surface area (Å²) in [6, 6.07) is 3.51. The molecule has 0 spiro atoms. The van der Waals surface area contributed by atoms with Gasteiger partial charge in [0.1, 0.15) is 6.04 Å². The molecule has 0 radical (unpaired) electrons. The van der Waals surface area contributed by atoms with Gasteiger partial charge in [-0.05, 0) is 50.4 Å². The van der Waals surface area contributed by atoms with E-state index in [4.69, 9.17) is 16.7 Å². The van der Waals surface area contributed by atoms with E-state index in [-0.39, 0.29) is 11.8 Å². The van der Waals surface area contributed by atoms with Gasteiger partial charge in [-0.2, -0.15) is 10.1 Å². The van der Waals surface area contributed by atoms with Crippen LogP contribution in [-0.4, -0.2) is 48.8 Å². The molecule has 1 unspecified atom stereocenters. The molecule has 4 heterocycles. The lowest BCUT2D eigenvalue weighted by Gasteiger charge is -2.32. The number of rotatable bonds is 4. The molecule has 0 bridgehead atoms. The summed E-state index contributed by atoms with van der Waals surface area (Å²) in [7, 11) is 0. The van der Waals surface area contributed by atoms with Gasteiger partial charge in [0.05, 0.1) is 4.88 Å². The molecule has 0 saturated carbocycles. The molecule has 0 aliphatic carbocycles. The lowest BCUT2D eigenvalue weighted by atomic mass is 9.96. The monoisotopic (exact) mass is 404 g/mol. The predicted molar refractivity (Wildman–Crippen MR) is 103 cm³/mol. The Balaban J connectivity index is 1.48. The van der Waals surface area contributed by atoms with E-state index in [9.17, 15) is 4.79 Å². The third kappa shape index (κ3) is 3.46. The van der Waals surface area contributed by atoms with Crippen molar-refractivity contribution in [1.29, 1.82) is 0 Å². The molecular formula is C17H20N6O2S2. The highest BCUT2D eigenvalue weighted by Crippen LogP contribution is 2.30. The summed E-state index contributed by atoms with van der Waals surface area (Å²) in [4.78, 5) is 20.3. The molecule has 1 aliphatic rings. The number of H-pyrrole nitrogens is 1. The topological polar surface area (TPSA) is 92.8 Å². The molecule has 1 N–H and O–H groups in total. The van der Waals surface area contributed by atoms with Gasteiger partial charge in [-0.3, -0.25) is 14.5 Å². The smallest absolute Gasteiger partial charge is 0.245 e. The molecule has 142 valence electrons. The van der Waals surface area contributed by atoms with Gasteiger partial charge in [0, 0.05) is 19.0 Å². The number of piperidine rings is 1. The Morgan fingerprint density at radius 3 is 2.85 bits per heavy atom. The quantitative estimate of drug-likeness (QED) is 0.671. The van der Waals surface area contributed by atoms with Gasteiger partial charge in [-0.1, -0.05) is 11.2 Å². The molecule has 1 aliphatic heterocycles. The Morgan fingerprint density at radius 1 is 1.44 bits per heavy atom. The highest BCUT2D eigenvalue weighted by Gasteiger charge is 2.31. The highest BCUT2D eigenvalue weighted by atomic mass is 32.1. The van der Waals surface area contributed by atoms with Crippen molar-refractivity contribution in [3.05, 3.63) is 34.0 Å². The van der Waals surface area contributed by atoms with Crippen molar-refractivity contribution < 1.29 is 9.32 Å². The maximum Gasteiger partial charge on any atom is 0.245 e. The lowest BCUT2D eigenvalue weighted by Crippen LogP contribution is -2.41. The van der Waals surface area contributed by atoms with Gasteiger partial charge in [0.15, 0.2) is 16.4 Å². The zero-order chi connectivity index (χ0) is 19.0. The Morgan fingerprint density at radius 2 is 2.22 bits per heavy atom. The van der Waals surface area contributed by atoms with Crippen LogP contribution in [-0.2, 0) is 4.79 Å². The van der Waals surface area contributed by atoms with Crippen LogP contribution in [0.4, 0.5) is 0 Å². The van der Waals surface area contributed by atoms with Crippen molar-refractivity contribution >= 4 is 29.5 Å². The van der Waals surface area contributed by atoms with Gasteiger partial charge in [0.25, 0.3) is 0 Å². The first-order chi connectivity index (χ1) is 13.0. The van der Waals surface area contributed by atoms with E-state index >= 15 is 0 Å². The summed E-state index contributed by atoms with van der Waals surface area (Å²) in [6.45, 7) is 5.01. The summed E-state index contributed by atoms with van der Waals surface area (Å²) in [6.07, 6.45) is 1.63. The fourth-order valence-electron chi connectivity index (χ4n) is 3.44. The van der Waals surface area contributed by atoms with Crippen molar-refractivity contribution in [3.63, 3.8) is 0 Å². The largest absolute Gasteiger partial charge is 0.341 e. The summed E-state index contributed by atoms with van der Waals surface area (Å²) < 4.78 is 7.54. The van der Waals surface area contributed by atoms with Crippen LogP contribution >= 0.6 is 23.6 Å². The standard InChI is InChI=1S/C17H20N6O2S2/c1-10(23-14(19-20-17(23)26)13-4-3-9-27-13)16(24)22-7-5-12(6-8-22)15-18-11(2)21-25-15/h3-4,9-10,12H,5-8H2,1-2H3,(H,20,26). The highest BCUT2D eigenvalue weighted by molar-refractivity contribution is 7.71. The molecule has 3 aromatic rings. The minimum absolute atomic E-state index is 0.0467. The van der Waals surface area contributed by atoms with Crippen LogP contribution in [0, 0.1) is 11.7 Å². The molecule has 27 heavy (non-hydrogen) atoms. The van der Waals surface area contributed by atoms with E-state index < -0.39 is 6.04 Å². The Labute approximate surface area is 165 Å². The van der Waals surface area contributed by atoms with E-state index in [0.29, 0.717) is 35.4 Å². The van der Waals surface area contributed by atoms with Crippen molar-refractivity contribution in [1.82, 2.24) is 29.8 Å². The number of carbonyl (C=O) groups is 1. The van der Waals surface area contributed by atoms with Crippen LogP contribution in [0.5, 0.6) is 0 Å². The number of hydrogen-bond donors (Lipinski definition) is 1. The van der Waals surface area contributed by atoms with E-state index in [1.54, 1.807) is 15.9 Å². The van der Waals surface area contributed by atoms with Crippen molar-refractivity contribution in [3.8, 4) is 10.7 Å². The van der Waals surface area contributed by atoms with Crippen LogP contribution in [0.25, 0.3) is 10.7 Å². The number of amides is 1. The van der Waals surface area contributed by atoms with E-state index in [1.165, 1.54) is 0 Å². The van der Waals surface area contributed by atoms with Gasteiger partial charge >= 0.3 is 0 Å². The zero-order valence-corrected chi connectivity index (χ0v) is 16.7. The number of thiophene rings is 1. The van der Waals surface area contributed by atoms with Gasteiger partial charge in [-0.15, -0.1) is 11.3 Å². The first kappa shape index (κ1) is 18.1. The first-order valence-corrected chi connectivity index (χ1v) is 10.1. The van der Waals surface area contributed by atoms with Gasteiger partial charge in [0.2, 0.25) is 11.8 Å². The molecule has 3 aromatic heterocycles. The summed E-state index contributed by atoms with van der Waals surface area (Å²) in [5, 5.41) is 13.0. The normalized spacial score (nSPS) is 16.6. The Kier molecular flexibility index (Phi) is 4.92. The van der Waals surface area contributed by atoms with E-state index in [0.717, 1.165) is 17.7 Å². The third-order valence-electron chi connectivity index (χ3n) is 4.89. The number of hydrogen-bond acceptors (Lipinski definition) is 7. The maximum atomic E-state index is 13.1. The second kappa shape index (κ2) is 7.35. The Hall–Kier alpha value is -2.33. The van der Waals surface area contributed by atoms with Crippen LogP contribution in [0.3, 0.4) is 0 Å². The molecule has 1 saturated heterocycles. The average molecular weight is 405 g/mol. The molecular weight excluding hydrogens is 384 g/mol. The Bertz CT molecular complexity index is 981. The number of nitrogens with zero attached hydrogens (tertiary/aromatic N) is 5. The second-order valence-electron chi connectivity index (χ2n) is 6.66. The number of likely N-dealkylation sites (tertiary alicyclic amines) is 1. The molecule has 10 heteroatoms. The lowest BCUT2D eigenvalue weighted by molar-refractivity contribution is -0.135. The van der Waals surface area contributed by atoms with E-state index in [1.807, 2.05) is 36.3 Å². The number of nitrogens with one attached hydrogen (secondary N) is 1. The molecule has 4 rings (SSSR count). The SMILES string of the molecule is Cc1noc(C2CCN(C(=O)C(C)n3c(-c4cccs4)n[nH]c3=S)CC2)n1. The van der Waals surface area contributed by atoms with Crippen LogP contribution in [0.15, 0.2) is 22.0 Å². The van der Waals surface area contributed by atoms with E-state index in [2.05, 4.69) is 20.3 Å². The zero-order valence-electron chi connectivity index (χ0n) is 15.1. The second-order valence-corrected chi connectivity index (χ2v) is 7.99. The molecule has 1 atom stereocenters.